The highest BCUT2D eigenvalue weighted by molar-refractivity contribution is 7.99. The van der Waals surface area contributed by atoms with Gasteiger partial charge in [0, 0.05) is 40.9 Å². The molecule has 4 nitrogen and oxygen atoms in total. The third-order valence-corrected chi connectivity index (χ3v) is 7.82. The molecule has 0 heterocycles. The van der Waals surface area contributed by atoms with Crippen molar-refractivity contribution in [1.82, 2.24) is 10.2 Å². The van der Waals surface area contributed by atoms with Crippen molar-refractivity contribution in [3.63, 3.8) is 0 Å². The molecule has 38 heavy (non-hydrogen) atoms. The number of nitrogens with one attached hydrogen (secondary N) is 1. The summed E-state index contributed by atoms with van der Waals surface area (Å²) in [5, 5.41) is 3.98. The first-order valence-electron chi connectivity index (χ1n) is 12.8. The van der Waals surface area contributed by atoms with E-state index in [0.29, 0.717) is 34.3 Å². The van der Waals surface area contributed by atoms with Gasteiger partial charge in [0.05, 0.1) is 5.75 Å². The largest absolute Gasteiger partial charge is 0.354 e. The van der Waals surface area contributed by atoms with E-state index >= 15 is 0 Å². The lowest BCUT2D eigenvalue weighted by molar-refractivity contribution is -0.139. The van der Waals surface area contributed by atoms with Crippen molar-refractivity contribution in [2.45, 2.75) is 52.5 Å². The van der Waals surface area contributed by atoms with Crippen LogP contribution in [0.25, 0.3) is 0 Å². The molecule has 1 N–H and O–H groups in total. The van der Waals surface area contributed by atoms with Crippen LogP contribution in [0.2, 0.25) is 10.0 Å². The summed E-state index contributed by atoms with van der Waals surface area (Å²) in [7, 11) is 0. The minimum Gasteiger partial charge on any atom is -0.354 e. The number of rotatable bonds is 12. The summed E-state index contributed by atoms with van der Waals surface area (Å²) in [5.41, 5.74) is 5.19. The Morgan fingerprint density at radius 2 is 1.53 bits per heavy atom. The first-order valence-corrected chi connectivity index (χ1v) is 14.7. The number of amides is 2. The Morgan fingerprint density at radius 3 is 2.13 bits per heavy atom. The molecule has 7 heteroatoms. The highest BCUT2D eigenvalue weighted by Gasteiger charge is 2.31. The van der Waals surface area contributed by atoms with Gasteiger partial charge in [0.2, 0.25) is 11.8 Å². The maximum absolute atomic E-state index is 13.8. The summed E-state index contributed by atoms with van der Waals surface area (Å²) in [6, 6.07) is 20.8. The second-order valence-electron chi connectivity index (χ2n) is 10.1. The molecule has 0 saturated heterocycles. The van der Waals surface area contributed by atoms with E-state index in [2.05, 4.69) is 37.4 Å². The first-order chi connectivity index (χ1) is 18.1. The van der Waals surface area contributed by atoms with Crippen LogP contribution in [-0.4, -0.2) is 35.1 Å². The van der Waals surface area contributed by atoms with Crippen molar-refractivity contribution in [1.29, 1.82) is 0 Å². The molecule has 1 atom stereocenters. The van der Waals surface area contributed by atoms with E-state index < -0.39 is 6.04 Å². The second kappa shape index (κ2) is 14.6. The maximum Gasteiger partial charge on any atom is 0.243 e. The monoisotopic (exact) mass is 570 g/mol. The van der Waals surface area contributed by atoms with Gasteiger partial charge in [-0.1, -0.05) is 103 Å². The average Bonchev–Trinajstić information content (AvgIpc) is 2.86. The van der Waals surface area contributed by atoms with Crippen LogP contribution in [0.4, 0.5) is 0 Å². The Labute approximate surface area is 241 Å². The van der Waals surface area contributed by atoms with Crippen LogP contribution >= 0.6 is 35.0 Å². The van der Waals surface area contributed by atoms with Gasteiger partial charge in [-0.15, -0.1) is 11.8 Å². The van der Waals surface area contributed by atoms with Gasteiger partial charge in [-0.05, 0) is 43.0 Å². The third kappa shape index (κ3) is 9.07. The number of carbonyl (C=O) groups excluding carboxylic acids is 2. The maximum atomic E-state index is 13.8. The fraction of sp³-hybridized carbons (Fsp3) is 0.355. The number of halogens is 2. The highest BCUT2D eigenvalue weighted by atomic mass is 35.5. The zero-order valence-corrected chi connectivity index (χ0v) is 24.8. The molecule has 0 unspecified atom stereocenters. The number of benzene rings is 3. The van der Waals surface area contributed by atoms with Crippen LogP contribution < -0.4 is 5.32 Å². The molecule has 0 bridgehead atoms. The Morgan fingerprint density at radius 1 is 0.895 bits per heavy atom. The number of carbonyl (C=O) groups is 2. The van der Waals surface area contributed by atoms with Crippen molar-refractivity contribution in [2.24, 2.45) is 5.92 Å². The normalized spacial score (nSPS) is 11.9. The molecule has 202 valence electrons. The van der Waals surface area contributed by atoms with Gasteiger partial charge in [-0.3, -0.25) is 9.59 Å². The van der Waals surface area contributed by atoms with Crippen molar-refractivity contribution in [3.05, 3.63) is 105 Å². The first kappa shape index (κ1) is 30.1. The minimum absolute atomic E-state index is 0.129. The smallest absolute Gasteiger partial charge is 0.243 e. The van der Waals surface area contributed by atoms with Crippen LogP contribution in [0.3, 0.4) is 0 Å². The molecule has 3 rings (SSSR count). The molecule has 0 fully saturated rings. The van der Waals surface area contributed by atoms with Gasteiger partial charge >= 0.3 is 0 Å². The molecule has 0 spiro atoms. The summed E-state index contributed by atoms with van der Waals surface area (Å²) in [6.07, 6.45) is 0.389. The SMILES string of the molecule is Cc1cc(C)cc(CSCC(=O)N(Cc2c(Cl)cccc2Cl)[C@H](Cc2ccccc2)C(=O)NCC(C)C)c1. The Balaban J connectivity index is 1.89. The molecular weight excluding hydrogens is 535 g/mol. The summed E-state index contributed by atoms with van der Waals surface area (Å²) >= 11 is 14.6. The van der Waals surface area contributed by atoms with Crippen LogP contribution in [0, 0.1) is 19.8 Å². The topological polar surface area (TPSA) is 49.4 Å². The van der Waals surface area contributed by atoms with Gasteiger partial charge in [0.1, 0.15) is 6.04 Å². The molecule has 0 aliphatic rings. The highest BCUT2D eigenvalue weighted by Crippen LogP contribution is 2.28. The molecule has 0 aliphatic heterocycles. The molecule has 0 aliphatic carbocycles. The van der Waals surface area contributed by atoms with Gasteiger partial charge in [-0.2, -0.15) is 0 Å². The summed E-state index contributed by atoms with van der Waals surface area (Å²) in [4.78, 5) is 29.0. The van der Waals surface area contributed by atoms with Crippen molar-refractivity contribution < 1.29 is 9.59 Å². The van der Waals surface area contributed by atoms with Crippen molar-refractivity contribution in [3.8, 4) is 0 Å². The number of hydrogen-bond donors (Lipinski definition) is 1. The Bertz CT molecular complexity index is 1190. The van der Waals surface area contributed by atoms with E-state index in [9.17, 15) is 9.59 Å². The van der Waals surface area contributed by atoms with Crippen molar-refractivity contribution in [2.75, 3.05) is 12.3 Å². The molecule has 3 aromatic rings. The van der Waals surface area contributed by atoms with Crippen LogP contribution in [0.15, 0.2) is 66.7 Å². The molecule has 0 aromatic heterocycles. The molecule has 0 radical (unpaired) electrons. The van der Waals surface area contributed by atoms with Crippen molar-refractivity contribution >= 4 is 46.8 Å². The quantitative estimate of drug-likeness (QED) is 0.249. The van der Waals surface area contributed by atoms with E-state index in [1.165, 1.54) is 16.7 Å². The van der Waals surface area contributed by atoms with Crippen LogP contribution in [0.1, 0.15) is 41.7 Å². The van der Waals surface area contributed by atoms with Crippen LogP contribution in [-0.2, 0) is 28.3 Å². The third-order valence-electron chi connectivity index (χ3n) is 6.12. The fourth-order valence-electron chi connectivity index (χ4n) is 4.32. The predicted molar refractivity (Wildman–Crippen MR) is 161 cm³/mol. The summed E-state index contributed by atoms with van der Waals surface area (Å²) < 4.78 is 0. The Kier molecular flexibility index (Phi) is 11.6. The van der Waals surface area contributed by atoms with Gasteiger partial charge in [0.25, 0.3) is 0 Å². The summed E-state index contributed by atoms with van der Waals surface area (Å²) in [6.45, 7) is 8.91. The molecule has 0 saturated carbocycles. The summed E-state index contributed by atoms with van der Waals surface area (Å²) in [5.74, 6) is 0.913. The number of hydrogen-bond acceptors (Lipinski definition) is 3. The lowest BCUT2D eigenvalue weighted by Gasteiger charge is -2.32. The van der Waals surface area contributed by atoms with Gasteiger partial charge in [-0.25, -0.2) is 0 Å². The minimum atomic E-state index is -0.710. The molecule has 3 aromatic carbocycles. The lowest BCUT2D eigenvalue weighted by atomic mass is 10.0. The number of thioether (sulfide) groups is 1. The fourth-order valence-corrected chi connectivity index (χ4v) is 5.68. The van der Waals surface area contributed by atoms with E-state index in [4.69, 9.17) is 23.2 Å². The van der Waals surface area contributed by atoms with Gasteiger partial charge < -0.3 is 10.2 Å². The lowest BCUT2D eigenvalue weighted by Crippen LogP contribution is -2.51. The van der Waals surface area contributed by atoms with E-state index in [-0.39, 0.29) is 30.0 Å². The zero-order valence-electron chi connectivity index (χ0n) is 22.5. The molecular formula is C31H36Cl2N2O2S. The average molecular weight is 572 g/mol. The zero-order chi connectivity index (χ0) is 27.7. The number of nitrogens with zero attached hydrogens (tertiary/aromatic N) is 1. The van der Waals surface area contributed by atoms with E-state index in [1.54, 1.807) is 34.9 Å². The standard InChI is InChI=1S/C31H36Cl2N2O2S/c1-21(2)17-34-31(37)29(16-24-9-6-5-7-10-24)35(18-26-27(32)11-8-12-28(26)33)30(36)20-38-19-25-14-22(3)13-23(4)15-25/h5-15,21,29H,16-20H2,1-4H3,(H,34,37)/t29-/m1/s1. The number of aryl methyl sites for hydroxylation is 2. The van der Waals surface area contributed by atoms with Crippen LogP contribution in [0.5, 0.6) is 0 Å². The molecule has 2 amide bonds. The van der Waals surface area contributed by atoms with E-state index in [0.717, 1.165) is 5.56 Å². The predicted octanol–water partition coefficient (Wildman–Crippen LogP) is 7.26. The van der Waals surface area contributed by atoms with Gasteiger partial charge in [0.15, 0.2) is 0 Å². The second-order valence-corrected chi connectivity index (χ2v) is 11.9. The van der Waals surface area contributed by atoms with E-state index in [1.807, 2.05) is 44.2 Å². The Hall–Kier alpha value is -2.47.